The fourth-order valence-corrected chi connectivity index (χ4v) is 2.64. The molecule has 0 N–H and O–H groups in total. The van der Waals surface area contributed by atoms with Crippen LogP contribution < -0.4 is 0 Å². The maximum atomic E-state index is 11.7. The molecule has 3 aromatic carbocycles. The fraction of sp³-hybridized carbons (Fsp3) is 0.105. The van der Waals surface area contributed by atoms with Gasteiger partial charge in [0.05, 0.1) is 7.11 Å². The molecule has 0 unspecified atom stereocenters. The first-order valence-electron chi connectivity index (χ1n) is 6.88. The second kappa shape index (κ2) is 5.41. The van der Waals surface area contributed by atoms with Crippen LogP contribution in [0.15, 0.2) is 60.2 Å². The minimum absolute atomic E-state index is 0.299. The third-order valence-electron chi connectivity index (χ3n) is 3.68. The maximum Gasteiger partial charge on any atom is 0.333 e. The lowest BCUT2D eigenvalue weighted by Gasteiger charge is -2.09. The molecule has 2 nitrogen and oxygen atoms in total. The van der Waals surface area contributed by atoms with Crippen LogP contribution in [-0.2, 0) is 9.53 Å². The molecular weight excluding hydrogens is 260 g/mol. The topological polar surface area (TPSA) is 26.3 Å². The third-order valence-corrected chi connectivity index (χ3v) is 3.68. The number of hydrogen-bond acceptors (Lipinski definition) is 2. The minimum atomic E-state index is -0.299. The first-order valence-corrected chi connectivity index (χ1v) is 6.88. The van der Waals surface area contributed by atoms with Crippen LogP contribution in [0.2, 0.25) is 0 Å². The Morgan fingerprint density at radius 2 is 1.48 bits per heavy atom. The van der Waals surface area contributed by atoms with E-state index in [1.807, 2.05) is 30.3 Å². The molecule has 0 heterocycles. The minimum Gasteiger partial charge on any atom is -0.466 e. The van der Waals surface area contributed by atoms with Crippen LogP contribution in [-0.4, -0.2) is 13.1 Å². The van der Waals surface area contributed by atoms with Gasteiger partial charge >= 0.3 is 5.97 Å². The molecular formula is C19H16O2. The van der Waals surface area contributed by atoms with Crippen molar-refractivity contribution < 1.29 is 9.53 Å². The van der Waals surface area contributed by atoms with Crippen LogP contribution >= 0.6 is 0 Å². The lowest BCUT2D eigenvalue weighted by atomic mass is 9.95. The van der Waals surface area contributed by atoms with Gasteiger partial charge in [-0.1, -0.05) is 48.5 Å². The van der Waals surface area contributed by atoms with Crippen molar-refractivity contribution in [2.75, 3.05) is 7.11 Å². The summed E-state index contributed by atoms with van der Waals surface area (Å²) in [5.74, 6) is -0.299. The van der Waals surface area contributed by atoms with Crippen LogP contribution in [0.3, 0.4) is 0 Å². The summed E-state index contributed by atoms with van der Waals surface area (Å²) in [5, 5.41) is 4.61. The molecule has 21 heavy (non-hydrogen) atoms. The first-order chi connectivity index (χ1) is 10.2. The van der Waals surface area contributed by atoms with Crippen molar-refractivity contribution in [3.8, 4) is 0 Å². The van der Waals surface area contributed by atoms with E-state index < -0.39 is 0 Å². The summed E-state index contributed by atoms with van der Waals surface area (Å²) in [4.78, 5) is 11.7. The number of carbonyl (C=O) groups is 1. The highest BCUT2D eigenvalue weighted by atomic mass is 16.5. The van der Waals surface area contributed by atoms with Gasteiger partial charge in [-0.25, -0.2) is 4.79 Å². The summed E-state index contributed by atoms with van der Waals surface area (Å²) in [6.45, 7) is 1.78. The number of rotatable bonds is 2. The molecule has 0 spiro atoms. The van der Waals surface area contributed by atoms with Crippen LogP contribution in [0.1, 0.15) is 12.5 Å². The van der Waals surface area contributed by atoms with Gasteiger partial charge in [-0.2, -0.15) is 0 Å². The van der Waals surface area contributed by atoms with E-state index in [1.54, 1.807) is 6.92 Å². The summed E-state index contributed by atoms with van der Waals surface area (Å²) >= 11 is 0. The molecule has 2 heteroatoms. The summed E-state index contributed by atoms with van der Waals surface area (Å²) in [6, 6.07) is 18.6. The van der Waals surface area contributed by atoms with Crippen molar-refractivity contribution in [2.24, 2.45) is 0 Å². The molecule has 0 radical (unpaired) electrons. The van der Waals surface area contributed by atoms with Crippen LogP contribution in [0, 0.1) is 0 Å². The Bertz CT molecular complexity index is 806. The average molecular weight is 276 g/mol. The molecule has 0 saturated heterocycles. The van der Waals surface area contributed by atoms with E-state index in [9.17, 15) is 4.79 Å². The normalized spacial score (nSPS) is 11.8. The van der Waals surface area contributed by atoms with Crippen molar-refractivity contribution >= 4 is 33.6 Å². The standard InChI is InChI=1S/C19H16O2/c1-13(19(20)21-2)11-18-16-9-5-3-7-14(16)12-15-8-4-6-10-17(15)18/h3-12H,1-2H3/b13-11+. The Morgan fingerprint density at radius 3 is 2.00 bits per heavy atom. The van der Waals surface area contributed by atoms with Gasteiger partial charge in [-0.05, 0) is 46.2 Å². The van der Waals surface area contributed by atoms with Crippen LogP contribution in [0.5, 0.6) is 0 Å². The molecule has 0 bridgehead atoms. The van der Waals surface area contributed by atoms with Gasteiger partial charge in [0.2, 0.25) is 0 Å². The number of ether oxygens (including phenoxy) is 1. The van der Waals surface area contributed by atoms with Crippen molar-refractivity contribution in [1.82, 2.24) is 0 Å². The van der Waals surface area contributed by atoms with Crippen molar-refractivity contribution in [3.05, 3.63) is 65.7 Å². The van der Waals surface area contributed by atoms with Gasteiger partial charge in [0.15, 0.2) is 0 Å². The molecule has 0 aromatic heterocycles. The number of methoxy groups -OCH3 is 1. The third kappa shape index (κ3) is 2.40. The van der Waals surface area contributed by atoms with E-state index in [4.69, 9.17) is 4.74 Å². The Hall–Kier alpha value is -2.61. The second-order valence-corrected chi connectivity index (χ2v) is 5.05. The predicted molar refractivity (Wildman–Crippen MR) is 87.1 cm³/mol. The number of carbonyl (C=O) groups excluding carboxylic acids is 1. The maximum absolute atomic E-state index is 11.7. The van der Waals surface area contributed by atoms with Gasteiger partial charge in [0.25, 0.3) is 0 Å². The van der Waals surface area contributed by atoms with E-state index in [-0.39, 0.29) is 5.97 Å². The predicted octanol–water partition coefficient (Wildman–Crippen LogP) is 4.57. The molecule has 0 aliphatic rings. The summed E-state index contributed by atoms with van der Waals surface area (Å²) < 4.78 is 4.80. The quantitative estimate of drug-likeness (QED) is 0.389. The molecule has 0 atom stereocenters. The smallest absolute Gasteiger partial charge is 0.333 e. The van der Waals surface area contributed by atoms with Gasteiger partial charge in [0.1, 0.15) is 0 Å². The van der Waals surface area contributed by atoms with E-state index in [1.165, 1.54) is 17.9 Å². The Balaban J connectivity index is 2.38. The van der Waals surface area contributed by atoms with Gasteiger partial charge in [-0.3, -0.25) is 0 Å². The molecule has 0 fully saturated rings. The molecule has 0 saturated carbocycles. The number of esters is 1. The number of fused-ring (bicyclic) bond motifs is 2. The van der Waals surface area contributed by atoms with Crippen molar-refractivity contribution in [1.29, 1.82) is 0 Å². The number of benzene rings is 3. The van der Waals surface area contributed by atoms with E-state index in [0.717, 1.165) is 16.3 Å². The molecule has 0 aliphatic carbocycles. The first kappa shape index (κ1) is 13.4. The average Bonchev–Trinajstić information content (AvgIpc) is 2.53. The zero-order chi connectivity index (χ0) is 14.8. The van der Waals surface area contributed by atoms with Crippen LogP contribution in [0.4, 0.5) is 0 Å². The van der Waals surface area contributed by atoms with Crippen LogP contribution in [0.25, 0.3) is 27.6 Å². The highest BCUT2D eigenvalue weighted by molar-refractivity contribution is 6.08. The second-order valence-electron chi connectivity index (χ2n) is 5.05. The van der Waals surface area contributed by atoms with Gasteiger partial charge in [-0.15, -0.1) is 0 Å². The zero-order valence-corrected chi connectivity index (χ0v) is 12.1. The van der Waals surface area contributed by atoms with Gasteiger partial charge in [0, 0.05) is 5.57 Å². The fourth-order valence-electron chi connectivity index (χ4n) is 2.64. The summed E-state index contributed by atoms with van der Waals surface area (Å²) in [7, 11) is 1.40. The van der Waals surface area contributed by atoms with E-state index in [2.05, 4.69) is 30.3 Å². The Morgan fingerprint density at radius 1 is 0.952 bits per heavy atom. The molecule has 104 valence electrons. The molecule has 3 aromatic rings. The Labute approximate surface area is 123 Å². The lowest BCUT2D eigenvalue weighted by Crippen LogP contribution is -2.01. The molecule has 0 aliphatic heterocycles. The molecule has 0 amide bonds. The monoisotopic (exact) mass is 276 g/mol. The van der Waals surface area contributed by atoms with Gasteiger partial charge < -0.3 is 4.74 Å². The molecule has 3 rings (SSSR count). The highest BCUT2D eigenvalue weighted by Crippen LogP contribution is 2.30. The highest BCUT2D eigenvalue weighted by Gasteiger charge is 2.08. The van der Waals surface area contributed by atoms with Crippen molar-refractivity contribution in [3.63, 3.8) is 0 Å². The van der Waals surface area contributed by atoms with Crippen molar-refractivity contribution in [2.45, 2.75) is 6.92 Å². The lowest BCUT2D eigenvalue weighted by molar-refractivity contribution is -0.135. The summed E-state index contributed by atoms with van der Waals surface area (Å²) in [6.07, 6.45) is 1.91. The SMILES string of the molecule is COC(=O)/C(C)=C/c1c2ccccc2cc2ccccc12. The van der Waals surface area contributed by atoms with E-state index in [0.29, 0.717) is 5.57 Å². The Kier molecular flexibility index (Phi) is 3.44. The summed E-state index contributed by atoms with van der Waals surface area (Å²) in [5.41, 5.74) is 1.66. The van der Waals surface area contributed by atoms with E-state index >= 15 is 0 Å². The number of hydrogen-bond donors (Lipinski definition) is 0. The largest absolute Gasteiger partial charge is 0.466 e. The zero-order valence-electron chi connectivity index (χ0n) is 12.1.